The largest absolute Gasteiger partial charge is 0.336 e. The van der Waals surface area contributed by atoms with E-state index in [2.05, 4.69) is 4.98 Å². The molecule has 0 unspecified atom stereocenters. The first-order valence-corrected chi connectivity index (χ1v) is 5.05. The molecule has 6 heteroatoms. The van der Waals surface area contributed by atoms with Crippen LogP contribution < -0.4 is 17.1 Å². The number of nitrogens with zero attached hydrogens (tertiary/aromatic N) is 2. The molecule has 0 bridgehead atoms. The van der Waals surface area contributed by atoms with Crippen LogP contribution in [-0.2, 0) is 13.1 Å². The summed E-state index contributed by atoms with van der Waals surface area (Å²) in [4.78, 5) is 36.4. The van der Waals surface area contributed by atoms with Crippen LogP contribution in [0.25, 0.3) is 0 Å². The number of H-pyrrole nitrogens is 1. The van der Waals surface area contributed by atoms with Crippen LogP contribution >= 0.6 is 0 Å². The molecule has 1 heterocycles. The van der Waals surface area contributed by atoms with Crippen molar-refractivity contribution in [2.45, 2.75) is 39.8 Å². The Morgan fingerprint density at radius 2 is 1.33 bits per heavy atom. The lowest BCUT2D eigenvalue weighted by molar-refractivity contribution is 0.501. The lowest BCUT2D eigenvalue weighted by atomic mass is 10.4. The van der Waals surface area contributed by atoms with Crippen molar-refractivity contribution in [3.05, 3.63) is 31.5 Å². The summed E-state index contributed by atoms with van der Waals surface area (Å²) in [5.41, 5.74) is -1.77. The number of rotatable bonds is 4. The van der Waals surface area contributed by atoms with Crippen LogP contribution in [0.3, 0.4) is 0 Å². The van der Waals surface area contributed by atoms with Crippen LogP contribution in [-0.4, -0.2) is 14.1 Å². The molecule has 84 valence electrons. The Morgan fingerprint density at radius 1 is 0.933 bits per heavy atom. The average Bonchev–Trinajstić information content (AvgIpc) is 2.19. The lowest BCUT2D eigenvalue weighted by Crippen LogP contribution is -2.49. The van der Waals surface area contributed by atoms with Gasteiger partial charge in [0.15, 0.2) is 0 Å². The summed E-state index contributed by atoms with van der Waals surface area (Å²) in [7, 11) is 0. The maximum absolute atomic E-state index is 11.7. The minimum atomic E-state index is -0.626. The van der Waals surface area contributed by atoms with Gasteiger partial charge >= 0.3 is 17.1 Å². The molecule has 0 aliphatic carbocycles. The van der Waals surface area contributed by atoms with Gasteiger partial charge in [-0.1, -0.05) is 13.8 Å². The monoisotopic (exact) mass is 213 g/mol. The predicted molar refractivity (Wildman–Crippen MR) is 56.2 cm³/mol. The van der Waals surface area contributed by atoms with Crippen molar-refractivity contribution in [3.8, 4) is 0 Å². The van der Waals surface area contributed by atoms with Crippen molar-refractivity contribution in [2.24, 2.45) is 0 Å². The second-order valence-electron chi connectivity index (χ2n) is 3.32. The minimum Gasteiger partial charge on any atom is -0.259 e. The number of nitrogens with one attached hydrogen (secondary N) is 1. The quantitative estimate of drug-likeness (QED) is 0.733. The molecule has 0 fully saturated rings. The SMILES string of the molecule is CCCn1c(=O)[nH]c(=O)n(CCC)c1=O. The highest BCUT2D eigenvalue weighted by atomic mass is 16.2. The van der Waals surface area contributed by atoms with E-state index >= 15 is 0 Å². The summed E-state index contributed by atoms with van der Waals surface area (Å²) < 4.78 is 2.11. The first-order chi connectivity index (χ1) is 7.11. The molecule has 1 aromatic rings. The molecule has 0 atom stereocenters. The van der Waals surface area contributed by atoms with E-state index in [1.807, 2.05) is 13.8 Å². The third-order valence-corrected chi connectivity index (χ3v) is 2.06. The predicted octanol–water partition coefficient (Wildman–Crippen LogP) is -0.482. The minimum absolute atomic E-state index is 0.332. The molecule has 0 saturated carbocycles. The first-order valence-electron chi connectivity index (χ1n) is 5.05. The van der Waals surface area contributed by atoms with E-state index in [-0.39, 0.29) is 0 Å². The van der Waals surface area contributed by atoms with Gasteiger partial charge in [-0.05, 0) is 12.8 Å². The normalized spacial score (nSPS) is 10.5. The van der Waals surface area contributed by atoms with E-state index in [4.69, 9.17) is 0 Å². The van der Waals surface area contributed by atoms with Gasteiger partial charge in [-0.15, -0.1) is 0 Å². The van der Waals surface area contributed by atoms with Gasteiger partial charge in [0, 0.05) is 13.1 Å². The molecule has 1 aromatic heterocycles. The Labute approximate surface area is 86.2 Å². The number of aromatic nitrogens is 3. The zero-order chi connectivity index (χ0) is 11.4. The van der Waals surface area contributed by atoms with E-state index in [1.54, 1.807) is 0 Å². The van der Waals surface area contributed by atoms with Crippen LogP contribution in [0, 0.1) is 0 Å². The summed E-state index contributed by atoms with van der Waals surface area (Å²) in [6.07, 6.45) is 1.35. The zero-order valence-electron chi connectivity index (χ0n) is 8.95. The molecule has 1 rings (SSSR count). The second-order valence-corrected chi connectivity index (χ2v) is 3.32. The maximum Gasteiger partial charge on any atom is 0.336 e. The maximum atomic E-state index is 11.7. The summed E-state index contributed by atoms with van der Waals surface area (Å²) in [5.74, 6) is 0. The highest BCUT2D eigenvalue weighted by Crippen LogP contribution is 1.80. The standard InChI is InChI=1S/C9H15N3O3/c1-3-5-11-7(13)10-8(14)12(6-4-2)9(11)15/h3-6H2,1-2H3,(H,10,13,14). The molecule has 0 aliphatic heterocycles. The zero-order valence-corrected chi connectivity index (χ0v) is 8.95. The molecule has 0 aromatic carbocycles. The number of hydrogen-bond acceptors (Lipinski definition) is 3. The molecule has 0 spiro atoms. The van der Waals surface area contributed by atoms with Crippen LogP contribution in [0.1, 0.15) is 26.7 Å². The Kier molecular flexibility index (Phi) is 3.65. The molecular weight excluding hydrogens is 198 g/mol. The van der Waals surface area contributed by atoms with Gasteiger partial charge < -0.3 is 0 Å². The van der Waals surface area contributed by atoms with Crippen LogP contribution in [0.4, 0.5) is 0 Å². The number of hydrogen-bond donors (Lipinski definition) is 1. The molecule has 0 saturated heterocycles. The fourth-order valence-corrected chi connectivity index (χ4v) is 1.39. The smallest absolute Gasteiger partial charge is 0.259 e. The van der Waals surface area contributed by atoms with Gasteiger partial charge in [0.1, 0.15) is 0 Å². The molecule has 15 heavy (non-hydrogen) atoms. The Balaban J connectivity index is 3.43. The van der Waals surface area contributed by atoms with Gasteiger partial charge in [-0.3, -0.25) is 4.98 Å². The van der Waals surface area contributed by atoms with E-state index < -0.39 is 17.1 Å². The lowest BCUT2D eigenvalue weighted by Gasteiger charge is -2.06. The van der Waals surface area contributed by atoms with E-state index in [0.717, 1.165) is 9.13 Å². The van der Waals surface area contributed by atoms with Crippen molar-refractivity contribution in [1.82, 2.24) is 14.1 Å². The topological polar surface area (TPSA) is 76.9 Å². The van der Waals surface area contributed by atoms with Crippen molar-refractivity contribution in [1.29, 1.82) is 0 Å². The number of aromatic amines is 1. The van der Waals surface area contributed by atoms with Gasteiger partial charge in [-0.2, -0.15) is 0 Å². The third kappa shape index (κ3) is 2.26. The molecule has 0 radical (unpaired) electrons. The van der Waals surface area contributed by atoms with Crippen LogP contribution in [0.15, 0.2) is 14.4 Å². The van der Waals surface area contributed by atoms with Crippen molar-refractivity contribution < 1.29 is 0 Å². The van der Waals surface area contributed by atoms with E-state index in [9.17, 15) is 14.4 Å². The van der Waals surface area contributed by atoms with Crippen molar-refractivity contribution >= 4 is 0 Å². The van der Waals surface area contributed by atoms with Gasteiger partial charge in [0.05, 0.1) is 0 Å². The second kappa shape index (κ2) is 4.77. The van der Waals surface area contributed by atoms with Gasteiger partial charge in [-0.25, -0.2) is 23.5 Å². The van der Waals surface area contributed by atoms with Gasteiger partial charge in [0.2, 0.25) is 0 Å². The summed E-state index contributed by atoms with van der Waals surface area (Å²) in [5, 5.41) is 0. The third-order valence-electron chi connectivity index (χ3n) is 2.06. The van der Waals surface area contributed by atoms with Crippen molar-refractivity contribution in [3.63, 3.8) is 0 Å². The first kappa shape index (κ1) is 11.5. The van der Waals surface area contributed by atoms with Crippen LogP contribution in [0.5, 0.6) is 0 Å². The summed E-state index contributed by atoms with van der Waals surface area (Å²) >= 11 is 0. The molecule has 0 aliphatic rings. The Morgan fingerprint density at radius 3 is 1.67 bits per heavy atom. The van der Waals surface area contributed by atoms with Crippen molar-refractivity contribution in [2.75, 3.05) is 0 Å². The molecule has 0 amide bonds. The van der Waals surface area contributed by atoms with Crippen LogP contribution in [0.2, 0.25) is 0 Å². The van der Waals surface area contributed by atoms with E-state index in [0.29, 0.717) is 25.9 Å². The van der Waals surface area contributed by atoms with Gasteiger partial charge in [0.25, 0.3) is 0 Å². The molecule has 6 nitrogen and oxygen atoms in total. The summed E-state index contributed by atoms with van der Waals surface area (Å²) in [6.45, 7) is 4.39. The molecular formula is C9H15N3O3. The fraction of sp³-hybridized carbons (Fsp3) is 0.667. The average molecular weight is 213 g/mol. The summed E-state index contributed by atoms with van der Waals surface area (Å²) in [6, 6.07) is 0. The Bertz CT molecular complexity index is 453. The fourth-order valence-electron chi connectivity index (χ4n) is 1.39. The highest BCUT2D eigenvalue weighted by Gasteiger charge is 2.07. The Hall–Kier alpha value is -1.59. The molecule has 1 N–H and O–H groups in total. The van der Waals surface area contributed by atoms with E-state index in [1.165, 1.54) is 0 Å². The highest BCUT2D eigenvalue weighted by molar-refractivity contribution is 4.74.